The summed E-state index contributed by atoms with van der Waals surface area (Å²) in [7, 11) is -1.85. The van der Waals surface area contributed by atoms with Gasteiger partial charge in [-0.25, -0.2) is 8.42 Å². The van der Waals surface area contributed by atoms with Crippen LogP contribution in [0.4, 0.5) is 11.4 Å². The smallest absolute Gasteiger partial charge is 0.293 e. The summed E-state index contributed by atoms with van der Waals surface area (Å²) in [5.74, 6) is 0.610. The number of sulfone groups is 1. The maximum atomic E-state index is 11.6. The molecule has 0 heterocycles. The lowest BCUT2D eigenvalue weighted by molar-refractivity contribution is -0.384. The standard InChI is InChI=1S/C20H27N5O4S.HI/c1-14-5-6-16(15(2)11-14)13-24-20(21-3)23-10-9-22-18-8-7-17(30(4,28)29)12-19(18)25(26)27;/h5-8,11-12,22H,9-10,13H2,1-4H3,(H2,21,23,24);1H. The fourth-order valence-corrected chi connectivity index (χ4v) is 3.51. The fourth-order valence-electron chi connectivity index (χ4n) is 2.86. The van der Waals surface area contributed by atoms with Crippen molar-refractivity contribution < 1.29 is 13.3 Å². The predicted octanol–water partition coefficient (Wildman–Crippen LogP) is 3.01. The van der Waals surface area contributed by atoms with E-state index in [0.29, 0.717) is 25.6 Å². The van der Waals surface area contributed by atoms with E-state index in [-0.39, 0.29) is 40.2 Å². The Bertz CT molecular complexity index is 1060. The molecule has 0 aliphatic heterocycles. The van der Waals surface area contributed by atoms with E-state index in [0.717, 1.165) is 12.3 Å². The number of guanidine groups is 1. The van der Waals surface area contributed by atoms with E-state index in [2.05, 4.69) is 53.0 Å². The summed E-state index contributed by atoms with van der Waals surface area (Å²) >= 11 is 0. The average molecular weight is 561 g/mol. The van der Waals surface area contributed by atoms with Crippen LogP contribution in [0.15, 0.2) is 46.3 Å². The molecule has 0 saturated heterocycles. The third-order valence-electron chi connectivity index (χ3n) is 4.49. The van der Waals surface area contributed by atoms with Crippen LogP contribution in [0.25, 0.3) is 0 Å². The molecule has 0 saturated carbocycles. The molecule has 11 heteroatoms. The summed E-state index contributed by atoms with van der Waals surface area (Å²) in [5.41, 5.74) is 3.55. The van der Waals surface area contributed by atoms with Crippen LogP contribution in [-0.2, 0) is 16.4 Å². The molecule has 3 N–H and O–H groups in total. The summed E-state index contributed by atoms with van der Waals surface area (Å²) in [6.07, 6.45) is 1.01. The largest absolute Gasteiger partial charge is 0.378 e. The molecule has 2 aromatic rings. The highest BCUT2D eigenvalue weighted by molar-refractivity contribution is 14.0. The van der Waals surface area contributed by atoms with Gasteiger partial charge in [-0.15, -0.1) is 24.0 Å². The molecule has 0 radical (unpaired) electrons. The van der Waals surface area contributed by atoms with Gasteiger partial charge < -0.3 is 16.0 Å². The average Bonchev–Trinajstić information content (AvgIpc) is 2.67. The number of nitro benzene ring substituents is 1. The highest BCUT2D eigenvalue weighted by Gasteiger charge is 2.18. The number of nitrogens with one attached hydrogen (secondary N) is 3. The minimum Gasteiger partial charge on any atom is -0.378 e. The zero-order valence-electron chi connectivity index (χ0n) is 17.9. The Morgan fingerprint density at radius 2 is 1.81 bits per heavy atom. The number of nitrogens with zero attached hydrogens (tertiary/aromatic N) is 2. The van der Waals surface area contributed by atoms with Gasteiger partial charge >= 0.3 is 0 Å². The van der Waals surface area contributed by atoms with Crippen LogP contribution in [0.1, 0.15) is 16.7 Å². The third kappa shape index (κ3) is 7.98. The van der Waals surface area contributed by atoms with Crippen LogP contribution in [0.3, 0.4) is 0 Å². The van der Waals surface area contributed by atoms with Crippen molar-refractivity contribution in [2.45, 2.75) is 25.3 Å². The molecule has 2 rings (SSSR count). The molecule has 0 aromatic heterocycles. The highest BCUT2D eigenvalue weighted by atomic mass is 127. The second-order valence-electron chi connectivity index (χ2n) is 6.92. The molecule has 170 valence electrons. The molecule has 2 aromatic carbocycles. The minimum atomic E-state index is -3.52. The van der Waals surface area contributed by atoms with Gasteiger partial charge in [-0.2, -0.15) is 0 Å². The number of aryl methyl sites for hydroxylation is 2. The quantitative estimate of drug-likeness (QED) is 0.113. The molecule has 0 aliphatic rings. The van der Waals surface area contributed by atoms with Crippen LogP contribution in [0.5, 0.6) is 0 Å². The molecule has 0 aliphatic carbocycles. The van der Waals surface area contributed by atoms with E-state index in [1.807, 2.05) is 0 Å². The lowest BCUT2D eigenvalue weighted by Gasteiger charge is -2.14. The molecule has 0 fully saturated rings. The molecule has 0 atom stereocenters. The van der Waals surface area contributed by atoms with Crippen molar-refractivity contribution in [3.8, 4) is 0 Å². The first-order chi connectivity index (χ1) is 14.1. The summed E-state index contributed by atoms with van der Waals surface area (Å²) in [4.78, 5) is 14.8. The predicted molar refractivity (Wildman–Crippen MR) is 134 cm³/mol. The lowest BCUT2D eigenvalue weighted by atomic mass is 10.1. The number of anilines is 1. The van der Waals surface area contributed by atoms with Crippen molar-refractivity contribution in [1.29, 1.82) is 0 Å². The number of aliphatic imine (C=N–C) groups is 1. The Hall–Kier alpha value is -2.41. The van der Waals surface area contributed by atoms with Gasteiger partial charge in [0.2, 0.25) is 0 Å². The number of rotatable bonds is 8. The number of hydrogen-bond donors (Lipinski definition) is 3. The van der Waals surface area contributed by atoms with E-state index < -0.39 is 14.8 Å². The van der Waals surface area contributed by atoms with Crippen molar-refractivity contribution in [3.05, 3.63) is 63.2 Å². The molecule has 0 spiro atoms. The van der Waals surface area contributed by atoms with E-state index >= 15 is 0 Å². The van der Waals surface area contributed by atoms with Crippen molar-refractivity contribution in [1.82, 2.24) is 10.6 Å². The van der Waals surface area contributed by atoms with Crippen LogP contribution in [-0.4, -0.2) is 45.7 Å². The molecule has 9 nitrogen and oxygen atoms in total. The van der Waals surface area contributed by atoms with Gasteiger partial charge in [-0.1, -0.05) is 23.8 Å². The minimum absolute atomic E-state index is 0. The van der Waals surface area contributed by atoms with Gasteiger partial charge in [0, 0.05) is 39.0 Å². The summed E-state index contributed by atoms with van der Waals surface area (Å²) in [5, 5.41) is 20.6. The first kappa shape index (κ1) is 26.6. The van der Waals surface area contributed by atoms with Gasteiger partial charge in [0.25, 0.3) is 5.69 Å². The van der Waals surface area contributed by atoms with E-state index in [1.165, 1.54) is 28.8 Å². The second-order valence-corrected chi connectivity index (χ2v) is 8.93. The molecular weight excluding hydrogens is 533 g/mol. The monoisotopic (exact) mass is 561 g/mol. The Labute approximate surface area is 199 Å². The summed E-state index contributed by atoms with van der Waals surface area (Å²) in [6, 6.07) is 10.1. The van der Waals surface area contributed by atoms with E-state index in [1.54, 1.807) is 7.05 Å². The first-order valence-electron chi connectivity index (χ1n) is 9.35. The van der Waals surface area contributed by atoms with Crippen molar-refractivity contribution in [2.75, 3.05) is 31.7 Å². The third-order valence-corrected chi connectivity index (χ3v) is 5.61. The van der Waals surface area contributed by atoms with Crippen LogP contribution in [0, 0.1) is 24.0 Å². The number of halogens is 1. The number of benzene rings is 2. The Kier molecular flexibility index (Phi) is 10.2. The zero-order valence-corrected chi connectivity index (χ0v) is 21.1. The molecular formula is C20H28IN5O4S. The van der Waals surface area contributed by atoms with Gasteiger partial charge in [0.05, 0.1) is 9.82 Å². The van der Waals surface area contributed by atoms with Gasteiger partial charge in [-0.3, -0.25) is 15.1 Å². The normalized spacial score (nSPS) is 11.4. The lowest BCUT2D eigenvalue weighted by Crippen LogP contribution is -2.39. The second kappa shape index (κ2) is 11.8. The van der Waals surface area contributed by atoms with Crippen molar-refractivity contribution >= 4 is 51.1 Å². The SMILES string of the molecule is CN=C(NCCNc1ccc(S(C)(=O)=O)cc1[N+](=O)[O-])NCc1ccc(C)cc1C.I. The van der Waals surface area contributed by atoms with Crippen LogP contribution in [0.2, 0.25) is 0 Å². The zero-order chi connectivity index (χ0) is 22.3. The fraction of sp³-hybridized carbons (Fsp3) is 0.350. The van der Waals surface area contributed by atoms with Crippen LogP contribution >= 0.6 is 24.0 Å². The van der Waals surface area contributed by atoms with Gasteiger partial charge in [0.15, 0.2) is 15.8 Å². The first-order valence-corrected chi connectivity index (χ1v) is 11.2. The molecule has 0 bridgehead atoms. The molecule has 0 unspecified atom stereocenters. The van der Waals surface area contributed by atoms with E-state index in [4.69, 9.17) is 0 Å². The summed E-state index contributed by atoms with van der Waals surface area (Å²) < 4.78 is 23.2. The molecule has 31 heavy (non-hydrogen) atoms. The number of nitro groups is 1. The Balaban J connectivity index is 0.00000480. The van der Waals surface area contributed by atoms with Gasteiger partial charge in [-0.05, 0) is 37.1 Å². The highest BCUT2D eigenvalue weighted by Crippen LogP contribution is 2.27. The Morgan fingerprint density at radius 1 is 1.10 bits per heavy atom. The summed E-state index contributed by atoms with van der Waals surface area (Å²) in [6.45, 7) is 5.57. The van der Waals surface area contributed by atoms with E-state index in [9.17, 15) is 18.5 Å². The maximum Gasteiger partial charge on any atom is 0.293 e. The van der Waals surface area contributed by atoms with Gasteiger partial charge in [0.1, 0.15) is 5.69 Å². The maximum absolute atomic E-state index is 11.6. The van der Waals surface area contributed by atoms with Crippen molar-refractivity contribution in [3.63, 3.8) is 0 Å². The topological polar surface area (TPSA) is 126 Å². The number of hydrogen-bond acceptors (Lipinski definition) is 6. The Morgan fingerprint density at radius 3 is 2.39 bits per heavy atom. The molecule has 0 amide bonds. The van der Waals surface area contributed by atoms with Crippen LogP contribution < -0.4 is 16.0 Å². The van der Waals surface area contributed by atoms with Crippen molar-refractivity contribution in [2.24, 2.45) is 4.99 Å².